The summed E-state index contributed by atoms with van der Waals surface area (Å²) in [5.74, 6) is -0.616. The molecule has 0 radical (unpaired) electrons. The molecule has 0 amide bonds. The topological polar surface area (TPSA) is 46.5 Å². The van der Waals surface area contributed by atoms with Gasteiger partial charge in [-0.15, -0.1) is 0 Å². The van der Waals surface area contributed by atoms with Gasteiger partial charge in [-0.1, -0.05) is 0 Å². The molecule has 0 bridgehead atoms. The maximum absolute atomic E-state index is 13.1. The van der Waals surface area contributed by atoms with E-state index in [9.17, 15) is 18.7 Å². The molecule has 0 spiro atoms. The van der Waals surface area contributed by atoms with Gasteiger partial charge in [0.1, 0.15) is 0 Å². The van der Waals surface area contributed by atoms with Gasteiger partial charge in [-0.25, -0.2) is 4.79 Å². The number of alkyl halides is 2. The molecular formula is C10H8F2O3S. The molecule has 2 rings (SSSR count). The molecule has 6 heteroatoms. The van der Waals surface area contributed by atoms with Gasteiger partial charge in [-0.3, -0.25) is 0 Å². The number of thioether (sulfide) groups is 1. The summed E-state index contributed by atoms with van der Waals surface area (Å²) in [4.78, 5) is 11.5. The first-order valence-electron chi connectivity index (χ1n) is 4.43. The van der Waals surface area contributed by atoms with Crippen LogP contribution in [0.4, 0.5) is 8.78 Å². The third-order valence-electron chi connectivity index (χ3n) is 2.29. The Hall–Kier alpha value is -1.14. The van der Waals surface area contributed by atoms with Gasteiger partial charge in [0.25, 0.3) is 0 Å². The number of halogens is 2. The molecule has 1 unspecified atom stereocenters. The summed E-state index contributed by atoms with van der Waals surface area (Å²) in [7, 11) is 1.20. The SMILES string of the molecule is COC(=O)c1ccc2c(c1)C(O)C(F)(F)S2. The maximum Gasteiger partial charge on any atom is 0.337 e. The fourth-order valence-corrected chi connectivity index (χ4v) is 2.44. The molecular weight excluding hydrogens is 238 g/mol. The van der Waals surface area contributed by atoms with Gasteiger partial charge in [0.05, 0.1) is 12.7 Å². The highest BCUT2D eigenvalue weighted by atomic mass is 32.2. The Morgan fingerprint density at radius 1 is 1.56 bits per heavy atom. The van der Waals surface area contributed by atoms with Crippen LogP contribution in [0.2, 0.25) is 0 Å². The predicted octanol–water partition coefficient (Wildman–Crippen LogP) is 2.21. The molecule has 3 nitrogen and oxygen atoms in total. The number of methoxy groups -OCH3 is 1. The standard InChI is InChI=1S/C10H8F2O3S/c1-15-9(14)5-2-3-7-6(4-5)8(13)10(11,12)16-7/h2-4,8,13H,1H3. The second-order valence-corrected chi connectivity index (χ2v) is 4.50. The first-order chi connectivity index (χ1) is 7.45. The molecule has 1 N–H and O–H groups in total. The molecule has 1 aliphatic rings. The van der Waals surface area contributed by atoms with Crippen LogP contribution < -0.4 is 0 Å². The highest BCUT2D eigenvalue weighted by molar-refractivity contribution is 8.00. The van der Waals surface area contributed by atoms with Crippen LogP contribution in [0.15, 0.2) is 23.1 Å². The summed E-state index contributed by atoms with van der Waals surface area (Å²) in [6.45, 7) is 0. The lowest BCUT2D eigenvalue weighted by molar-refractivity contribution is -0.0310. The van der Waals surface area contributed by atoms with E-state index in [1.807, 2.05) is 0 Å². The molecule has 0 saturated heterocycles. The number of fused-ring (bicyclic) bond motifs is 1. The zero-order valence-corrected chi connectivity index (χ0v) is 9.05. The monoisotopic (exact) mass is 246 g/mol. The summed E-state index contributed by atoms with van der Waals surface area (Å²) in [5, 5.41) is 6.13. The van der Waals surface area contributed by atoms with E-state index in [1.54, 1.807) is 0 Å². The van der Waals surface area contributed by atoms with Crippen LogP contribution in [0.1, 0.15) is 22.0 Å². The number of hydrogen-bond acceptors (Lipinski definition) is 4. The van der Waals surface area contributed by atoms with Crippen molar-refractivity contribution >= 4 is 17.7 Å². The zero-order chi connectivity index (χ0) is 11.9. The van der Waals surface area contributed by atoms with E-state index in [2.05, 4.69) is 4.74 Å². The Morgan fingerprint density at radius 2 is 2.25 bits per heavy atom. The Balaban J connectivity index is 2.43. The van der Waals surface area contributed by atoms with E-state index in [0.717, 1.165) is 0 Å². The molecule has 0 saturated carbocycles. The second kappa shape index (κ2) is 3.71. The normalized spacial score (nSPS) is 21.6. The summed E-state index contributed by atoms with van der Waals surface area (Å²) < 4.78 is 30.8. The van der Waals surface area contributed by atoms with Gasteiger partial charge >= 0.3 is 11.2 Å². The van der Waals surface area contributed by atoms with E-state index in [0.29, 0.717) is 11.8 Å². The number of esters is 1. The van der Waals surface area contributed by atoms with Crippen molar-refractivity contribution in [3.63, 3.8) is 0 Å². The van der Waals surface area contributed by atoms with Crippen LogP contribution in [0, 0.1) is 0 Å². The van der Waals surface area contributed by atoms with Crippen molar-refractivity contribution in [1.82, 2.24) is 0 Å². The number of aliphatic hydroxyl groups is 1. The highest BCUT2D eigenvalue weighted by Crippen LogP contribution is 2.53. The maximum atomic E-state index is 13.1. The molecule has 16 heavy (non-hydrogen) atoms. The van der Waals surface area contributed by atoms with Crippen molar-refractivity contribution in [2.24, 2.45) is 0 Å². The summed E-state index contributed by atoms with van der Waals surface area (Å²) in [5.41, 5.74) is 0.219. The molecule has 1 aromatic rings. The third-order valence-corrected chi connectivity index (χ3v) is 3.38. The van der Waals surface area contributed by atoms with E-state index in [1.165, 1.54) is 25.3 Å². The summed E-state index contributed by atoms with van der Waals surface area (Å²) in [6, 6.07) is 4.02. The Bertz CT molecular complexity index is 448. The van der Waals surface area contributed by atoms with Crippen molar-refractivity contribution in [3.05, 3.63) is 29.3 Å². The lowest BCUT2D eigenvalue weighted by Gasteiger charge is -2.11. The van der Waals surface area contributed by atoms with Crippen molar-refractivity contribution in [2.45, 2.75) is 16.3 Å². The van der Waals surface area contributed by atoms with Gasteiger partial charge in [-0.2, -0.15) is 8.78 Å². The van der Waals surface area contributed by atoms with Crippen molar-refractivity contribution < 1.29 is 23.4 Å². The first kappa shape index (κ1) is 11.3. The summed E-state index contributed by atoms with van der Waals surface area (Å²) in [6.07, 6.45) is -1.88. The van der Waals surface area contributed by atoms with E-state index in [-0.39, 0.29) is 16.0 Å². The lowest BCUT2D eigenvalue weighted by Crippen LogP contribution is -2.16. The average molecular weight is 246 g/mol. The largest absolute Gasteiger partial charge is 0.465 e. The van der Waals surface area contributed by atoms with E-state index in [4.69, 9.17) is 0 Å². The Morgan fingerprint density at radius 3 is 2.88 bits per heavy atom. The molecule has 1 aromatic carbocycles. The van der Waals surface area contributed by atoms with Gasteiger partial charge in [0, 0.05) is 10.5 Å². The molecule has 86 valence electrons. The lowest BCUT2D eigenvalue weighted by atomic mass is 10.1. The zero-order valence-electron chi connectivity index (χ0n) is 8.24. The van der Waals surface area contributed by atoms with Crippen LogP contribution in [0.5, 0.6) is 0 Å². The minimum atomic E-state index is -3.24. The number of hydrogen-bond donors (Lipinski definition) is 1. The fraction of sp³-hybridized carbons (Fsp3) is 0.300. The fourth-order valence-electron chi connectivity index (χ4n) is 1.48. The Kier molecular flexibility index (Phi) is 2.63. The van der Waals surface area contributed by atoms with Gasteiger partial charge in [0.15, 0.2) is 6.10 Å². The van der Waals surface area contributed by atoms with Crippen LogP contribution in [0.25, 0.3) is 0 Å². The van der Waals surface area contributed by atoms with Crippen LogP contribution in [-0.4, -0.2) is 23.4 Å². The van der Waals surface area contributed by atoms with E-state index < -0.39 is 17.3 Å². The predicted molar refractivity (Wildman–Crippen MR) is 53.5 cm³/mol. The van der Waals surface area contributed by atoms with Crippen molar-refractivity contribution in [1.29, 1.82) is 0 Å². The number of aliphatic hydroxyl groups excluding tert-OH is 1. The second-order valence-electron chi connectivity index (χ2n) is 3.31. The molecule has 0 aromatic heterocycles. The Labute approximate surface area is 94.4 Å². The summed E-state index contributed by atoms with van der Waals surface area (Å²) >= 11 is 0.294. The number of carbonyl (C=O) groups is 1. The van der Waals surface area contributed by atoms with Crippen LogP contribution >= 0.6 is 11.8 Å². The quantitative estimate of drug-likeness (QED) is 0.772. The van der Waals surface area contributed by atoms with Gasteiger partial charge in [-0.05, 0) is 30.0 Å². The molecule has 1 atom stereocenters. The highest BCUT2D eigenvalue weighted by Gasteiger charge is 2.48. The van der Waals surface area contributed by atoms with Crippen LogP contribution in [0.3, 0.4) is 0 Å². The molecule has 0 fully saturated rings. The smallest absolute Gasteiger partial charge is 0.337 e. The molecule has 0 aliphatic carbocycles. The van der Waals surface area contributed by atoms with Crippen molar-refractivity contribution in [3.8, 4) is 0 Å². The van der Waals surface area contributed by atoms with E-state index >= 15 is 0 Å². The first-order valence-corrected chi connectivity index (χ1v) is 5.24. The van der Waals surface area contributed by atoms with Gasteiger partial charge < -0.3 is 9.84 Å². The molecule has 1 heterocycles. The number of carbonyl (C=O) groups excluding carboxylic acids is 1. The number of benzene rings is 1. The van der Waals surface area contributed by atoms with Crippen LogP contribution in [-0.2, 0) is 4.74 Å². The average Bonchev–Trinajstić information content (AvgIpc) is 2.48. The minimum Gasteiger partial charge on any atom is -0.465 e. The van der Waals surface area contributed by atoms with Crippen molar-refractivity contribution in [2.75, 3.05) is 7.11 Å². The number of ether oxygens (including phenoxy) is 1. The molecule has 1 aliphatic heterocycles. The van der Waals surface area contributed by atoms with Gasteiger partial charge in [0.2, 0.25) is 0 Å². The minimum absolute atomic E-state index is 0.0675. The third kappa shape index (κ3) is 1.68. The number of rotatable bonds is 1.